The van der Waals surface area contributed by atoms with E-state index in [0.29, 0.717) is 0 Å². The fourth-order valence-corrected chi connectivity index (χ4v) is 0.572. The van der Waals surface area contributed by atoms with Gasteiger partial charge in [0.1, 0.15) is 18.9 Å². The van der Waals surface area contributed by atoms with Crippen LogP contribution < -0.4 is 0 Å². The van der Waals surface area contributed by atoms with Crippen LogP contribution in [-0.2, 0) is 6.54 Å². The number of aromatic nitrogens is 4. The van der Waals surface area contributed by atoms with Gasteiger partial charge in [-0.3, -0.25) is 4.68 Å². The highest BCUT2D eigenvalue weighted by atomic mass is 16.3. The van der Waals surface area contributed by atoms with Crippen molar-refractivity contribution >= 4 is 0 Å². The lowest BCUT2D eigenvalue weighted by Crippen LogP contribution is -1.91. The maximum absolute atomic E-state index is 4.47. The van der Waals surface area contributed by atoms with Gasteiger partial charge in [0.15, 0.2) is 6.39 Å². The van der Waals surface area contributed by atoms with Gasteiger partial charge >= 0.3 is 0 Å². The molecule has 5 nitrogen and oxygen atoms in total. The fraction of sp³-hybridized carbons (Fsp3) is 0.286. The zero-order valence-corrected chi connectivity index (χ0v) is 6.79. The molecule has 0 spiro atoms. The predicted octanol–water partition coefficient (Wildman–Crippen LogP) is 0.973. The Morgan fingerprint density at radius 2 is 2.33 bits per heavy atom. The maximum atomic E-state index is 4.47. The maximum Gasteiger partial charge on any atom is 0.180 e. The van der Waals surface area contributed by atoms with Gasteiger partial charge < -0.3 is 4.42 Å². The average molecular weight is 166 g/mol. The van der Waals surface area contributed by atoms with Crippen LogP contribution in [0.15, 0.2) is 35.9 Å². The minimum atomic E-state index is 0.903. The molecule has 0 saturated heterocycles. The van der Waals surface area contributed by atoms with Crippen molar-refractivity contribution in [3.8, 4) is 0 Å². The summed E-state index contributed by atoms with van der Waals surface area (Å²) in [7, 11) is 0. The first-order valence-corrected chi connectivity index (χ1v) is 3.58. The van der Waals surface area contributed by atoms with Crippen LogP contribution in [-0.4, -0.2) is 19.7 Å². The molecule has 2 heterocycles. The Morgan fingerprint density at radius 3 is 2.58 bits per heavy atom. The van der Waals surface area contributed by atoms with E-state index in [2.05, 4.69) is 19.5 Å². The third kappa shape index (κ3) is 2.96. The highest BCUT2D eigenvalue weighted by molar-refractivity contribution is 4.56. The van der Waals surface area contributed by atoms with Gasteiger partial charge in [-0.05, 0) is 6.92 Å². The Labute approximate surface area is 70.1 Å². The molecule has 0 aliphatic heterocycles. The number of hydrogen-bond acceptors (Lipinski definition) is 4. The van der Waals surface area contributed by atoms with Gasteiger partial charge in [0, 0.05) is 6.54 Å². The summed E-state index contributed by atoms with van der Waals surface area (Å²) in [6.07, 6.45) is 7.70. The van der Waals surface area contributed by atoms with Crippen LogP contribution in [0.25, 0.3) is 0 Å². The summed E-state index contributed by atoms with van der Waals surface area (Å²) in [6, 6.07) is 0. The minimum absolute atomic E-state index is 0.903. The Kier molecular flexibility index (Phi) is 3.56. The second-order valence-corrected chi connectivity index (χ2v) is 1.93. The van der Waals surface area contributed by atoms with Gasteiger partial charge in [0.25, 0.3) is 0 Å². The average Bonchev–Trinajstić information content (AvgIpc) is 2.81. The molecule has 0 aliphatic rings. The second-order valence-electron chi connectivity index (χ2n) is 1.93. The summed E-state index contributed by atoms with van der Waals surface area (Å²) in [5.74, 6) is 0. The Balaban J connectivity index is 0.000000127. The molecule has 0 fully saturated rings. The Bertz CT molecular complexity index is 246. The van der Waals surface area contributed by atoms with Crippen LogP contribution in [0.1, 0.15) is 6.92 Å². The summed E-state index contributed by atoms with van der Waals surface area (Å²) in [5, 5.41) is 3.84. The molecule has 2 rings (SSSR count). The lowest BCUT2D eigenvalue weighted by Gasteiger charge is -1.85. The molecular formula is C7H10N4O. The standard InChI is InChI=1S/C4H7N3.C3H3NO/c1-2-7-4-5-3-6-7;1-2-5-3-4-1/h3-4H,2H2,1H3;1-3H. The lowest BCUT2D eigenvalue weighted by molar-refractivity contribution is 0.558. The van der Waals surface area contributed by atoms with Crippen LogP contribution >= 0.6 is 0 Å². The third-order valence-electron chi connectivity index (χ3n) is 1.14. The topological polar surface area (TPSA) is 56.7 Å². The monoisotopic (exact) mass is 166 g/mol. The summed E-state index contributed by atoms with van der Waals surface area (Å²) in [6.45, 7) is 2.93. The van der Waals surface area contributed by atoms with E-state index in [1.165, 1.54) is 19.0 Å². The number of hydrogen-bond donors (Lipinski definition) is 0. The molecule has 0 amide bonds. The molecule has 0 N–H and O–H groups in total. The first-order chi connectivity index (χ1) is 5.93. The summed E-state index contributed by atoms with van der Waals surface area (Å²) in [4.78, 5) is 7.30. The van der Waals surface area contributed by atoms with Crippen LogP contribution in [0.4, 0.5) is 0 Å². The van der Waals surface area contributed by atoms with Crippen molar-refractivity contribution in [1.29, 1.82) is 0 Å². The molecule has 0 atom stereocenters. The van der Waals surface area contributed by atoms with E-state index >= 15 is 0 Å². The highest BCUT2D eigenvalue weighted by Gasteiger charge is 1.78. The molecule has 12 heavy (non-hydrogen) atoms. The van der Waals surface area contributed by atoms with Crippen molar-refractivity contribution in [3.05, 3.63) is 31.5 Å². The van der Waals surface area contributed by atoms with Gasteiger partial charge in [-0.2, -0.15) is 5.10 Å². The molecule has 2 aromatic heterocycles. The Hall–Kier alpha value is -1.65. The molecule has 0 aliphatic carbocycles. The summed E-state index contributed by atoms with van der Waals surface area (Å²) >= 11 is 0. The van der Waals surface area contributed by atoms with Crippen molar-refractivity contribution in [2.45, 2.75) is 13.5 Å². The number of nitrogens with zero attached hydrogens (tertiary/aromatic N) is 4. The molecular weight excluding hydrogens is 156 g/mol. The van der Waals surface area contributed by atoms with Gasteiger partial charge in [-0.1, -0.05) is 0 Å². The zero-order chi connectivity index (χ0) is 8.65. The Morgan fingerprint density at radius 1 is 1.42 bits per heavy atom. The number of oxazole rings is 1. The minimum Gasteiger partial charge on any atom is -0.452 e. The van der Waals surface area contributed by atoms with Crippen molar-refractivity contribution < 1.29 is 4.42 Å². The molecule has 0 aromatic carbocycles. The molecule has 64 valence electrons. The van der Waals surface area contributed by atoms with Crippen molar-refractivity contribution in [3.63, 3.8) is 0 Å². The van der Waals surface area contributed by atoms with Gasteiger partial charge in [-0.15, -0.1) is 0 Å². The lowest BCUT2D eigenvalue weighted by atomic mass is 10.8. The van der Waals surface area contributed by atoms with Crippen LogP contribution in [0.3, 0.4) is 0 Å². The summed E-state index contributed by atoms with van der Waals surface area (Å²) in [5.41, 5.74) is 0. The molecule has 0 unspecified atom stereocenters. The van der Waals surface area contributed by atoms with E-state index < -0.39 is 0 Å². The third-order valence-corrected chi connectivity index (χ3v) is 1.14. The van der Waals surface area contributed by atoms with Crippen molar-refractivity contribution in [1.82, 2.24) is 19.7 Å². The van der Waals surface area contributed by atoms with Gasteiger partial charge in [-0.25, -0.2) is 9.97 Å². The van der Waals surface area contributed by atoms with E-state index in [1.54, 1.807) is 17.2 Å². The molecule has 0 saturated carbocycles. The summed E-state index contributed by atoms with van der Waals surface area (Å²) < 4.78 is 6.24. The van der Waals surface area contributed by atoms with Crippen molar-refractivity contribution in [2.75, 3.05) is 0 Å². The fourth-order valence-electron chi connectivity index (χ4n) is 0.572. The van der Waals surface area contributed by atoms with E-state index in [9.17, 15) is 0 Å². The van der Waals surface area contributed by atoms with Crippen LogP contribution in [0, 0.1) is 0 Å². The largest absolute Gasteiger partial charge is 0.452 e. The zero-order valence-electron chi connectivity index (χ0n) is 6.79. The smallest absolute Gasteiger partial charge is 0.180 e. The van der Waals surface area contributed by atoms with E-state index in [1.807, 2.05) is 6.92 Å². The van der Waals surface area contributed by atoms with Gasteiger partial charge in [0.2, 0.25) is 0 Å². The number of aryl methyl sites for hydroxylation is 1. The van der Waals surface area contributed by atoms with Gasteiger partial charge in [0.05, 0.1) is 6.20 Å². The molecule has 0 radical (unpaired) electrons. The predicted molar refractivity (Wildman–Crippen MR) is 42.2 cm³/mol. The SMILES string of the molecule is CCn1cncn1.c1cocn1. The normalized spacial score (nSPS) is 8.75. The first-order valence-electron chi connectivity index (χ1n) is 3.58. The highest BCUT2D eigenvalue weighted by Crippen LogP contribution is 1.74. The molecule has 0 bridgehead atoms. The molecule has 2 aromatic rings. The van der Waals surface area contributed by atoms with E-state index in [0.717, 1.165) is 6.54 Å². The van der Waals surface area contributed by atoms with E-state index in [4.69, 9.17) is 0 Å². The van der Waals surface area contributed by atoms with Crippen molar-refractivity contribution in [2.24, 2.45) is 0 Å². The molecule has 5 heteroatoms. The van der Waals surface area contributed by atoms with Crippen LogP contribution in [0.5, 0.6) is 0 Å². The van der Waals surface area contributed by atoms with Crippen LogP contribution in [0.2, 0.25) is 0 Å². The van der Waals surface area contributed by atoms with E-state index in [-0.39, 0.29) is 0 Å². The second kappa shape index (κ2) is 5.06. The number of rotatable bonds is 1. The first kappa shape index (κ1) is 8.45. The quantitative estimate of drug-likeness (QED) is 0.633.